The number of aromatic amines is 2. The highest BCUT2D eigenvalue weighted by molar-refractivity contribution is 6.01. The quantitative estimate of drug-likeness (QED) is 0.0528. The lowest BCUT2D eigenvalue weighted by Gasteiger charge is -2.37. The van der Waals surface area contributed by atoms with Gasteiger partial charge in [0.25, 0.3) is 5.91 Å². The van der Waals surface area contributed by atoms with Gasteiger partial charge < -0.3 is 93.7 Å². The molecule has 2 saturated heterocycles. The van der Waals surface area contributed by atoms with E-state index >= 15 is 23.2 Å². The lowest BCUT2D eigenvalue weighted by atomic mass is 9.94. The van der Waals surface area contributed by atoms with Crippen molar-refractivity contribution in [1.82, 2.24) is 67.6 Å². The third kappa shape index (κ3) is 20.7. The first-order valence-electron chi connectivity index (χ1n) is 35.5. The highest BCUT2D eigenvalue weighted by atomic mass is 19.1. The Morgan fingerprint density at radius 1 is 0.720 bits per heavy atom. The molecule has 0 saturated carbocycles. The van der Waals surface area contributed by atoms with Gasteiger partial charge in [0.2, 0.25) is 65.0 Å². The number of halogens is 3. The second-order valence-electron chi connectivity index (χ2n) is 27.5. The largest absolute Gasteiger partial charge is 0.497 e. The fourth-order valence-electron chi connectivity index (χ4n) is 13.5. The molecule has 4 aromatic carbocycles. The Kier molecular flexibility index (Phi) is 27.1. The highest BCUT2D eigenvalue weighted by Gasteiger charge is 2.50. The number of methoxy groups -OCH3 is 1. The Morgan fingerprint density at radius 3 is 1.94 bits per heavy atom. The van der Waals surface area contributed by atoms with Gasteiger partial charge in [-0.15, -0.1) is 0 Å². The van der Waals surface area contributed by atoms with Crippen LogP contribution in [0.1, 0.15) is 101 Å². The van der Waals surface area contributed by atoms with E-state index in [2.05, 4.69) is 57.8 Å². The van der Waals surface area contributed by atoms with Gasteiger partial charge in [0.1, 0.15) is 89.2 Å². The molecule has 30 nitrogen and oxygen atoms in total. The number of alkyl halides is 1. The van der Waals surface area contributed by atoms with Crippen LogP contribution in [0.3, 0.4) is 0 Å². The van der Waals surface area contributed by atoms with Crippen molar-refractivity contribution in [3.05, 3.63) is 131 Å². The number of ether oxygens (including phenoxy) is 2. The van der Waals surface area contributed by atoms with E-state index in [9.17, 15) is 52.6 Å². The predicted molar refractivity (Wildman–Crippen MR) is 383 cm³/mol. The Balaban J connectivity index is 1.06. The topological polar surface area (TPSA) is 442 Å². The normalized spacial score (nSPS) is 25.2. The van der Waals surface area contributed by atoms with Crippen molar-refractivity contribution in [2.45, 2.75) is 177 Å². The standard InChI is InChI=1S/C74H92F3N15O15/c1-39-65(97)86-58(30-44-35-81-53-22-16-46(75)32-51(44)53)68(100)87-60(31-45-36-82-54-23-17-47(76)33-52(45)54)71(103)91-37-48(77)34-61(91)69(101)90-63(40(2)93)70(102)88-59(29-43-12-18-49(106-5)19-13-43)72(104)92-27-9-24-74(92,4)73(105)89-57(64(79)96)28-42-14-20-50(21-15-42)107-38-62(95)80-26-8-11-55(84-41(3)94)67(99)85-56(66(98)83-39)10-6-7-25-78/h12-23,32-33,35-36,39-40,48,55-61,63,81-82,93H,6-11,24-31,34,37-38,78H2,1-5H3,(H2,79,96)(H,80,95)(H,83,98)(H,84,94)(H,85,99)(H,86,97)(H,87,100)(H,88,102)(H,89,105)(H,90,101)/t39-,40-,48+,55+,56?,57+,58+,59+,60+,61+,63+,74+/m1/s1. The second kappa shape index (κ2) is 36.3. The summed E-state index contributed by atoms with van der Waals surface area (Å²) in [5, 5.41) is 35.6. The van der Waals surface area contributed by atoms with E-state index in [1.165, 1.54) is 93.7 Å². The summed E-state index contributed by atoms with van der Waals surface area (Å²) in [6.45, 7) is 4.08. The van der Waals surface area contributed by atoms with Gasteiger partial charge in [0.05, 0.1) is 19.8 Å². The van der Waals surface area contributed by atoms with Crippen molar-refractivity contribution in [3.63, 3.8) is 0 Å². The molecule has 12 atom stereocenters. The van der Waals surface area contributed by atoms with Crippen molar-refractivity contribution in [1.29, 1.82) is 0 Å². The van der Waals surface area contributed by atoms with Gasteiger partial charge in [-0.2, -0.15) is 0 Å². The van der Waals surface area contributed by atoms with Crippen molar-refractivity contribution >= 4 is 92.7 Å². The highest BCUT2D eigenvalue weighted by Crippen LogP contribution is 2.32. The van der Waals surface area contributed by atoms with Gasteiger partial charge in [-0.1, -0.05) is 24.3 Å². The number of nitrogens with two attached hydrogens (primary N) is 2. The monoisotopic (exact) mass is 1490 g/mol. The van der Waals surface area contributed by atoms with Crippen LogP contribution in [0.5, 0.6) is 11.5 Å². The van der Waals surface area contributed by atoms with Crippen LogP contribution in [0, 0.1) is 11.6 Å². The number of aromatic nitrogens is 2. The number of rotatable bonds is 14. The van der Waals surface area contributed by atoms with Crippen LogP contribution >= 0.6 is 0 Å². The zero-order chi connectivity index (χ0) is 77.4. The molecule has 574 valence electrons. The van der Waals surface area contributed by atoms with Crippen molar-refractivity contribution < 1.29 is 85.3 Å². The first-order valence-corrected chi connectivity index (χ1v) is 35.5. The minimum Gasteiger partial charge on any atom is -0.497 e. The molecule has 0 aliphatic carbocycles. The molecule has 6 heterocycles. The third-order valence-electron chi connectivity index (χ3n) is 19.5. The summed E-state index contributed by atoms with van der Waals surface area (Å²) in [6.07, 6.45) is -1.55. The van der Waals surface area contributed by atoms with Gasteiger partial charge in [0.15, 0.2) is 6.61 Å². The number of hydrogen-bond donors (Lipinski definition) is 14. The number of aliphatic hydroxyl groups is 1. The van der Waals surface area contributed by atoms with Crippen LogP contribution in [-0.4, -0.2) is 208 Å². The first-order chi connectivity index (χ1) is 51.0. The second-order valence-corrected chi connectivity index (χ2v) is 27.5. The van der Waals surface area contributed by atoms with Gasteiger partial charge >= 0.3 is 0 Å². The Bertz CT molecular complexity index is 4250. The summed E-state index contributed by atoms with van der Waals surface area (Å²) in [5.74, 6) is -11.4. The average Bonchev–Trinajstić information content (AvgIpc) is 1.70. The van der Waals surface area contributed by atoms with Gasteiger partial charge in [0, 0.05) is 86.3 Å². The van der Waals surface area contributed by atoms with Gasteiger partial charge in [-0.25, -0.2) is 13.2 Å². The predicted octanol–water partition coefficient (Wildman–Crippen LogP) is 0.729. The molecule has 4 aliphatic rings. The molecule has 4 aliphatic heterocycles. The number of nitrogens with zero attached hydrogens (tertiary/aromatic N) is 2. The molecule has 10 rings (SSSR count). The number of carbonyl (C=O) groups excluding carboxylic acids is 12. The maximum atomic E-state index is 16.2. The lowest BCUT2D eigenvalue weighted by molar-refractivity contribution is -0.147. The van der Waals surface area contributed by atoms with E-state index in [1.54, 1.807) is 36.4 Å². The summed E-state index contributed by atoms with van der Waals surface area (Å²) in [6, 6.07) is 6.12. The molecule has 107 heavy (non-hydrogen) atoms. The van der Waals surface area contributed by atoms with E-state index in [0.29, 0.717) is 40.8 Å². The Labute approximate surface area is 614 Å². The van der Waals surface area contributed by atoms with Crippen LogP contribution in [0.15, 0.2) is 97.3 Å². The number of carbonyl (C=O) groups is 12. The summed E-state index contributed by atoms with van der Waals surface area (Å²) < 4.78 is 57.3. The van der Waals surface area contributed by atoms with Crippen LogP contribution in [0.4, 0.5) is 13.2 Å². The Hall–Kier alpha value is -11.1. The van der Waals surface area contributed by atoms with E-state index in [1.807, 2.05) is 0 Å². The average molecular weight is 1490 g/mol. The number of benzene rings is 4. The Morgan fingerprint density at radius 2 is 1.33 bits per heavy atom. The molecule has 2 bridgehead atoms. The SMILES string of the molecule is COc1ccc(C[C@@H]2NC(=O)[C@H]([C@@H](C)O)NC(=O)[C@@H]3C[C@H](F)CN3C(=O)[C@H](Cc3c[nH]c4ccc(F)cc34)NC(=O)[C@H](Cc3c[nH]c4ccc(F)cc34)NC(=O)[C@@H](C)NC(=O)C(CCCCN)NC(=O)[C@@H](NC(C)=O)CCCNC(=O)COc3ccc(cc3)C[C@@H](C(N)=O)NC(=O)[C@]3(C)CCCN3C2=O)cc1. The van der Waals surface area contributed by atoms with E-state index < -0.39 is 187 Å². The summed E-state index contributed by atoms with van der Waals surface area (Å²) in [4.78, 5) is 180. The first kappa shape index (κ1) is 80.0. The molecular weight excluding hydrogens is 1400 g/mol. The van der Waals surface area contributed by atoms with E-state index in [4.69, 9.17) is 20.9 Å². The number of fused-ring (bicyclic) bond motifs is 33. The molecule has 6 aromatic rings. The summed E-state index contributed by atoms with van der Waals surface area (Å²) in [5.41, 5.74) is 12.4. The minimum absolute atomic E-state index is 0.00362. The molecule has 2 fully saturated rings. The third-order valence-corrected chi connectivity index (χ3v) is 19.5. The maximum Gasteiger partial charge on any atom is 0.257 e. The maximum absolute atomic E-state index is 16.2. The number of aliphatic hydroxyl groups excluding tert-OH is 1. The summed E-state index contributed by atoms with van der Waals surface area (Å²) in [7, 11) is 1.44. The molecular formula is C74H92F3N15O15. The van der Waals surface area contributed by atoms with Crippen molar-refractivity contribution in [2.24, 2.45) is 11.5 Å². The molecule has 16 N–H and O–H groups in total. The van der Waals surface area contributed by atoms with E-state index in [-0.39, 0.29) is 92.2 Å². The lowest BCUT2D eigenvalue weighted by Crippen LogP contribution is -2.64. The number of amides is 12. The minimum atomic E-state index is -1.93. The molecule has 0 radical (unpaired) electrons. The number of hydrogen-bond acceptors (Lipinski definition) is 16. The number of primary amides is 1. The van der Waals surface area contributed by atoms with Crippen molar-refractivity contribution in [2.75, 3.05) is 39.9 Å². The van der Waals surface area contributed by atoms with Crippen LogP contribution < -0.4 is 68.8 Å². The molecule has 2 aromatic heterocycles. The van der Waals surface area contributed by atoms with Crippen LogP contribution in [0.25, 0.3) is 21.8 Å². The smallest absolute Gasteiger partial charge is 0.257 e. The van der Waals surface area contributed by atoms with Crippen LogP contribution in [-0.2, 0) is 83.2 Å². The molecule has 1 unspecified atom stereocenters. The summed E-state index contributed by atoms with van der Waals surface area (Å²) >= 11 is 0. The fraction of sp³-hybridized carbons (Fsp3) is 0.459. The number of H-pyrrole nitrogens is 2. The zero-order valence-electron chi connectivity index (χ0n) is 60.0. The fourth-order valence-corrected chi connectivity index (χ4v) is 13.5. The van der Waals surface area contributed by atoms with Crippen molar-refractivity contribution in [3.8, 4) is 11.5 Å². The number of unbranched alkanes of at least 4 members (excludes halogenated alkanes) is 1. The molecule has 33 heteroatoms. The van der Waals surface area contributed by atoms with E-state index in [0.717, 1.165) is 11.8 Å². The van der Waals surface area contributed by atoms with Gasteiger partial charge in [-0.3, -0.25) is 57.5 Å². The van der Waals surface area contributed by atoms with Crippen LogP contribution in [0.2, 0.25) is 0 Å². The molecule has 12 amide bonds. The number of nitrogens with one attached hydrogen (secondary N) is 11. The molecule has 0 spiro atoms. The zero-order valence-corrected chi connectivity index (χ0v) is 60.0. The van der Waals surface area contributed by atoms with Gasteiger partial charge in [-0.05, 0) is 155 Å².